The smallest absolute Gasteiger partial charge is 0.365 e. The molecule has 1 aliphatic heterocycles. The van der Waals surface area contributed by atoms with Crippen LogP contribution in [0.3, 0.4) is 0 Å². The molecule has 5 heteroatoms. The van der Waals surface area contributed by atoms with Crippen molar-refractivity contribution in [1.29, 1.82) is 0 Å². The molecule has 5 nitrogen and oxygen atoms in total. The van der Waals surface area contributed by atoms with Gasteiger partial charge in [0.25, 0.3) is 0 Å². The molecule has 0 amide bonds. The van der Waals surface area contributed by atoms with Gasteiger partial charge in [0.05, 0.1) is 33.4 Å². The number of nitrogens with zero attached hydrogens (tertiary/aromatic N) is 1. The van der Waals surface area contributed by atoms with E-state index in [2.05, 4.69) is 43.4 Å². The number of hydrogen-bond donors (Lipinski definition) is 0. The summed E-state index contributed by atoms with van der Waals surface area (Å²) in [7, 11) is 2.22. The molecular formula is C35H46NO4+. The number of carbonyl (C=O) groups excluding carboxylic acids is 1. The number of likely N-dealkylation sites (N-methyl/N-ethyl adjacent to an activating group) is 1. The van der Waals surface area contributed by atoms with Crippen LogP contribution in [0.1, 0.15) is 62.5 Å². The second-order valence-corrected chi connectivity index (χ2v) is 11.2. The highest BCUT2D eigenvalue weighted by atomic mass is 16.5. The number of ether oxygens (including phenoxy) is 3. The summed E-state index contributed by atoms with van der Waals surface area (Å²) in [4.78, 5) is 13.1. The average molecular weight is 545 g/mol. The van der Waals surface area contributed by atoms with Crippen LogP contribution >= 0.6 is 0 Å². The molecule has 0 bridgehead atoms. The predicted octanol–water partition coefficient (Wildman–Crippen LogP) is 7.38. The minimum Gasteiger partial charge on any atom is -0.494 e. The maximum Gasteiger partial charge on any atom is 0.365 e. The minimum atomic E-state index is -0.108. The van der Waals surface area contributed by atoms with Crippen molar-refractivity contribution in [2.24, 2.45) is 0 Å². The first-order valence-electron chi connectivity index (χ1n) is 15.1. The Morgan fingerprint density at radius 1 is 0.675 bits per heavy atom. The number of carbonyl (C=O) groups is 1. The number of unbranched alkanes of at least 4 members (excludes halogenated alkanes) is 5. The Labute approximate surface area is 240 Å². The lowest BCUT2D eigenvalue weighted by Crippen LogP contribution is -2.55. The summed E-state index contributed by atoms with van der Waals surface area (Å²) in [6, 6.07) is 28.3. The van der Waals surface area contributed by atoms with Crippen molar-refractivity contribution in [3.8, 4) is 11.5 Å². The van der Waals surface area contributed by atoms with Crippen molar-refractivity contribution in [2.45, 2.75) is 70.4 Å². The summed E-state index contributed by atoms with van der Waals surface area (Å²) in [6.45, 7) is 3.94. The van der Waals surface area contributed by atoms with Gasteiger partial charge in [0.15, 0.2) is 6.04 Å². The molecule has 1 saturated heterocycles. The van der Waals surface area contributed by atoms with E-state index in [4.69, 9.17) is 14.2 Å². The maximum absolute atomic E-state index is 13.1. The zero-order valence-corrected chi connectivity index (χ0v) is 24.1. The number of benzene rings is 3. The Balaban J connectivity index is 1.04. The lowest BCUT2D eigenvalue weighted by molar-refractivity contribution is -0.913. The molecule has 0 radical (unpaired) electrons. The van der Waals surface area contributed by atoms with E-state index >= 15 is 0 Å². The molecular weight excluding hydrogens is 498 g/mol. The number of rotatable bonds is 17. The number of likely N-dealkylation sites (tertiary alicyclic amines) is 1. The third kappa shape index (κ3) is 9.71. The van der Waals surface area contributed by atoms with Crippen molar-refractivity contribution in [2.75, 3.05) is 33.4 Å². The van der Waals surface area contributed by atoms with Gasteiger partial charge in [-0.1, -0.05) is 86.3 Å². The van der Waals surface area contributed by atoms with Crippen molar-refractivity contribution < 1.29 is 23.5 Å². The molecule has 4 rings (SSSR count). The molecule has 40 heavy (non-hydrogen) atoms. The van der Waals surface area contributed by atoms with Crippen LogP contribution in [0, 0.1) is 0 Å². The number of esters is 1. The highest BCUT2D eigenvalue weighted by Crippen LogP contribution is 2.25. The summed E-state index contributed by atoms with van der Waals surface area (Å²) in [5.41, 5.74) is 2.37. The van der Waals surface area contributed by atoms with Crippen LogP contribution in [-0.2, 0) is 22.6 Å². The lowest BCUT2D eigenvalue weighted by Gasteiger charge is -2.36. The Morgan fingerprint density at radius 2 is 1.20 bits per heavy atom. The average Bonchev–Trinajstić information content (AvgIpc) is 3.44. The zero-order chi connectivity index (χ0) is 27.9. The SMILES string of the molecule is C[N+]1([C@H](Cc2ccccc2)C(=O)OCCCCCCCCOc2ccc(OCc3ccccc3)cc2)CCCC1. The van der Waals surface area contributed by atoms with Crippen LogP contribution in [0.5, 0.6) is 11.5 Å². The van der Waals surface area contributed by atoms with Gasteiger partial charge in [-0.15, -0.1) is 0 Å². The fraction of sp³-hybridized carbons (Fsp3) is 0.457. The Hall–Kier alpha value is -3.31. The van der Waals surface area contributed by atoms with E-state index in [0.29, 0.717) is 13.2 Å². The summed E-state index contributed by atoms with van der Waals surface area (Å²) in [6.07, 6.45) is 9.68. The first-order valence-corrected chi connectivity index (χ1v) is 15.1. The Bertz CT molecular complexity index is 1110. The van der Waals surface area contributed by atoms with Crippen LogP contribution in [0.4, 0.5) is 0 Å². The standard InChI is InChI=1S/C35H46NO4/c1-36(24-12-13-25-36)34(28-30-16-8-6-9-17-30)35(37)39-27-15-5-3-2-4-14-26-38-32-20-22-33(23-21-32)40-29-31-18-10-7-11-19-31/h6-11,16-23,34H,2-5,12-15,24-29H2,1H3/q+1/t34-/m1/s1. The van der Waals surface area contributed by atoms with Gasteiger partial charge < -0.3 is 18.7 Å². The largest absolute Gasteiger partial charge is 0.494 e. The Kier molecular flexibility index (Phi) is 11.9. The molecule has 1 heterocycles. The Morgan fingerprint density at radius 3 is 1.82 bits per heavy atom. The van der Waals surface area contributed by atoms with E-state index in [-0.39, 0.29) is 12.0 Å². The first-order chi connectivity index (χ1) is 19.6. The highest BCUT2D eigenvalue weighted by Gasteiger charge is 2.41. The van der Waals surface area contributed by atoms with Gasteiger partial charge in [0.1, 0.15) is 18.1 Å². The van der Waals surface area contributed by atoms with Gasteiger partial charge in [0, 0.05) is 19.3 Å². The zero-order valence-electron chi connectivity index (χ0n) is 24.1. The van der Waals surface area contributed by atoms with Crippen LogP contribution < -0.4 is 9.47 Å². The normalized spacial score (nSPS) is 14.9. The molecule has 3 aromatic rings. The van der Waals surface area contributed by atoms with Crippen LogP contribution in [-0.4, -0.2) is 49.8 Å². The van der Waals surface area contributed by atoms with Gasteiger partial charge in [0.2, 0.25) is 0 Å². The second kappa shape index (κ2) is 16.1. The van der Waals surface area contributed by atoms with Gasteiger partial charge in [-0.2, -0.15) is 0 Å². The maximum atomic E-state index is 13.1. The third-order valence-electron chi connectivity index (χ3n) is 8.01. The monoisotopic (exact) mass is 544 g/mol. The quantitative estimate of drug-likeness (QED) is 0.101. The molecule has 1 atom stereocenters. The minimum absolute atomic E-state index is 0.0267. The molecule has 1 fully saturated rings. The first kappa shape index (κ1) is 29.7. The number of hydrogen-bond acceptors (Lipinski definition) is 4. The topological polar surface area (TPSA) is 44.8 Å². The summed E-state index contributed by atoms with van der Waals surface area (Å²) < 4.78 is 18.4. The summed E-state index contributed by atoms with van der Waals surface area (Å²) in [5, 5.41) is 0. The van der Waals surface area contributed by atoms with Crippen molar-refractivity contribution in [3.63, 3.8) is 0 Å². The molecule has 0 aliphatic carbocycles. The van der Waals surface area contributed by atoms with E-state index in [0.717, 1.165) is 79.8 Å². The third-order valence-corrected chi connectivity index (χ3v) is 8.01. The lowest BCUT2D eigenvalue weighted by atomic mass is 10.0. The highest BCUT2D eigenvalue weighted by molar-refractivity contribution is 5.75. The molecule has 0 spiro atoms. The molecule has 0 saturated carbocycles. The van der Waals surface area contributed by atoms with Gasteiger partial charge >= 0.3 is 5.97 Å². The molecule has 1 aliphatic rings. The molecule has 0 aromatic heterocycles. The van der Waals surface area contributed by atoms with E-state index < -0.39 is 0 Å². The van der Waals surface area contributed by atoms with Crippen molar-refractivity contribution in [3.05, 3.63) is 96.1 Å². The van der Waals surface area contributed by atoms with E-state index in [1.165, 1.54) is 24.8 Å². The van der Waals surface area contributed by atoms with Gasteiger partial charge in [-0.05, 0) is 48.2 Å². The molecule has 214 valence electrons. The predicted molar refractivity (Wildman–Crippen MR) is 160 cm³/mol. The summed E-state index contributed by atoms with van der Waals surface area (Å²) in [5.74, 6) is 1.70. The second-order valence-electron chi connectivity index (χ2n) is 11.2. The molecule has 0 unspecified atom stereocenters. The van der Waals surface area contributed by atoms with E-state index in [1.807, 2.05) is 48.5 Å². The van der Waals surface area contributed by atoms with E-state index in [1.54, 1.807) is 0 Å². The van der Waals surface area contributed by atoms with Crippen molar-refractivity contribution >= 4 is 5.97 Å². The number of quaternary nitrogens is 1. The summed E-state index contributed by atoms with van der Waals surface area (Å²) >= 11 is 0. The molecule has 0 N–H and O–H groups in total. The van der Waals surface area contributed by atoms with Gasteiger partial charge in [-0.25, -0.2) is 4.79 Å². The van der Waals surface area contributed by atoms with Gasteiger partial charge in [-0.3, -0.25) is 0 Å². The van der Waals surface area contributed by atoms with Crippen LogP contribution in [0.25, 0.3) is 0 Å². The van der Waals surface area contributed by atoms with Crippen molar-refractivity contribution in [1.82, 2.24) is 0 Å². The fourth-order valence-corrected chi connectivity index (χ4v) is 5.51. The molecule has 3 aromatic carbocycles. The van der Waals surface area contributed by atoms with E-state index in [9.17, 15) is 4.79 Å². The fourth-order valence-electron chi connectivity index (χ4n) is 5.51. The van der Waals surface area contributed by atoms with Crippen LogP contribution in [0.15, 0.2) is 84.9 Å². The van der Waals surface area contributed by atoms with Crippen LogP contribution in [0.2, 0.25) is 0 Å².